The number of carboxylic acids is 3. The SMILES string of the molecule is NCCC[C@@H](NN[C@@H](CC(=O)O)C(=O)O)C(=O)O.O. The van der Waals surface area contributed by atoms with Crippen LogP contribution in [0.25, 0.3) is 0 Å². The van der Waals surface area contributed by atoms with E-state index in [2.05, 4.69) is 10.9 Å². The highest BCUT2D eigenvalue weighted by atomic mass is 16.4. The van der Waals surface area contributed by atoms with Gasteiger partial charge in [0, 0.05) is 0 Å². The Balaban J connectivity index is 0. The number of rotatable bonds is 10. The molecule has 0 aliphatic carbocycles. The fourth-order valence-corrected chi connectivity index (χ4v) is 1.16. The van der Waals surface area contributed by atoms with Gasteiger partial charge in [-0.25, -0.2) is 10.9 Å². The number of hydrogen-bond donors (Lipinski definition) is 6. The topological polar surface area (TPSA) is 193 Å². The van der Waals surface area contributed by atoms with Crippen LogP contribution < -0.4 is 16.6 Å². The van der Waals surface area contributed by atoms with Gasteiger partial charge in [0.15, 0.2) is 0 Å². The molecule has 0 saturated heterocycles. The maximum absolute atomic E-state index is 10.8. The Kier molecular flexibility index (Phi) is 10.5. The van der Waals surface area contributed by atoms with E-state index in [-0.39, 0.29) is 11.9 Å². The van der Waals surface area contributed by atoms with Crippen molar-refractivity contribution >= 4 is 17.9 Å². The molecule has 0 saturated carbocycles. The third-order valence-electron chi connectivity index (χ3n) is 2.10. The van der Waals surface area contributed by atoms with Crippen molar-refractivity contribution in [2.24, 2.45) is 5.73 Å². The molecule has 0 rings (SSSR count). The first-order valence-electron chi connectivity index (χ1n) is 5.27. The number of aliphatic carboxylic acids is 3. The summed E-state index contributed by atoms with van der Waals surface area (Å²) < 4.78 is 0. The lowest BCUT2D eigenvalue weighted by molar-refractivity contribution is -0.147. The van der Waals surface area contributed by atoms with E-state index in [1.165, 1.54) is 0 Å². The lowest BCUT2D eigenvalue weighted by Crippen LogP contribution is -2.53. The minimum Gasteiger partial charge on any atom is -0.481 e. The van der Waals surface area contributed by atoms with Crippen molar-refractivity contribution in [1.82, 2.24) is 10.9 Å². The molecule has 10 nitrogen and oxygen atoms in total. The predicted molar refractivity (Wildman–Crippen MR) is 63.3 cm³/mol. The average molecular weight is 281 g/mol. The third-order valence-corrected chi connectivity index (χ3v) is 2.10. The number of carbonyl (C=O) groups is 3. The molecular formula is C9H19N3O7. The monoisotopic (exact) mass is 281 g/mol. The molecule has 0 amide bonds. The van der Waals surface area contributed by atoms with E-state index in [1.807, 2.05) is 0 Å². The van der Waals surface area contributed by atoms with Gasteiger partial charge in [-0.1, -0.05) is 0 Å². The first kappa shape index (κ1) is 19.6. The Morgan fingerprint density at radius 2 is 1.47 bits per heavy atom. The van der Waals surface area contributed by atoms with Gasteiger partial charge in [0.1, 0.15) is 12.1 Å². The zero-order chi connectivity index (χ0) is 14.1. The second-order valence-corrected chi connectivity index (χ2v) is 3.60. The van der Waals surface area contributed by atoms with E-state index in [1.54, 1.807) is 0 Å². The van der Waals surface area contributed by atoms with Gasteiger partial charge in [-0.05, 0) is 19.4 Å². The van der Waals surface area contributed by atoms with E-state index in [0.717, 1.165) is 0 Å². The number of nitrogens with two attached hydrogens (primary N) is 1. The molecule has 0 unspecified atom stereocenters. The minimum absolute atomic E-state index is 0. The number of nitrogens with one attached hydrogen (secondary N) is 2. The van der Waals surface area contributed by atoms with E-state index in [4.69, 9.17) is 21.1 Å². The average Bonchev–Trinajstić information content (AvgIpc) is 2.26. The lowest BCUT2D eigenvalue weighted by atomic mass is 10.1. The van der Waals surface area contributed by atoms with Crippen LogP contribution in [0, 0.1) is 0 Å². The van der Waals surface area contributed by atoms with Crippen LogP contribution in [0.15, 0.2) is 0 Å². The van der Waals surface area contributed by atoms with Crippen molar-refractivity contribution in [3.8, 4) is 0 Å². The predicted octanol–water partition coefficient (Wildman–Crippen LogP) is -2.62. The summed E-state index contributed by atoms with van der Waals surface area (Å²) in [6.45, 7) is 0.308. The Morgan fingerprint density at radius 1 is 1.00 bits per heavy atom. The van der Waals surface area contributed by atoms with Crippen molar-refractivity contribution < 1.29 is 35.2 Å². The molecule has 2 atom stereocenters. The molecule has 0 spiro atoms. The highest BCUT2D eigenvalue weighted by Gasteiger charge is 2.23. The van der Waals surface area contributed by atoms with Crippen molar-refractivity contribution in [3.63, 3.8) is 0 Å². The molecule has 0 aliphatic rings. The molecule has 0 aliphatic heterocycles. The molecule has 0 heterocycles. The van der Waals surface area contributed by atoms with Gasteiger partial charge < -0.3 is 26.5 Å². The van der Waals surface area contributed by atoms with E-state index >= 15 is 0 Å². The maximum atomic E-state index is 10.8. The van der Waals surface area contributed by atoms with Crippen LogP contribution in [-0.4, -0.2) is 57.3 Å². The van der Waals surface area contributed by atoms with Gasteiger partial charge in [0.25, 0.3) is 0 Å². The highest BCUT2D eigenvalue weighted by molar-refractivity contribution is 5.80. The standard InChI is InChI=1S/C9H17N3O6.H2O/c10-3-1-2-5(8(15)16)11-12-6(9(17)18)4-7(13)14;/h5-6,11-12H,1-4,10H2,(H,13,14)(H,15,16)(H,17,18);1H2/t5-,6+;/m1./s1. The van der Waals surface area contributed by atoms with Crippen LogP contribution in [0.5, 0.6) is 0 Å². The number of hydrogen-bond acceptors (Lipinski definition) is 6. The summed E-state index contributed by atoms with van der Waals surface area (Å²) in [4.78, 5) is 31.9. The molecule has 0 aromatic carbocycles. The zero-order valence-corrected chi connectivity index (χ0v) is 10.1. The van der Waals surface area contributed by atoms with Crippen molar-refractivity contribution in [3.05, 3.63) is 0 Å². The fraction of sp³-hybridized carbons (Fsp3) is 0.667. The lowest BCUT2D eigenvalue weighted by Gasteiger charge is -2.18. The molecule has 19 heavy (non-hydrogen) atoms. The number of carboxylic acid groups (broad SMARTS) is 3. The van der Waals surface area contributed by atoms with Crippen LogP contribution in [0.2, 0.25) is 0 Å². The molecule has 0 bridgehead atoms. The third kappa shape index (κ3) is 8.90. The van der Waals surface area contributed by atoms with Gasteiger partial charge in [0.05, 0.1) is 6.42 Å². The van der Waals surface area contributed by atoms with Crippen LogP contribution in [-0.2, 0) is 14.4 Å². The normalized spacial score (nSPS) is 13.1. The molecule has 0 fully saturated rings. The molecule has 9 N–H and O–H groups in total. The van der Waals surface area contributed by atoms with Crippen LogP contribution in [0.4, 0.5) is 0 Å². The summed E-state index contributed by atoms with van der Waals surface area (Å²) in [6, 6.07) is -2.42. The second-order valence-electron chi connectivity index (χ2n) is 3.60. The second kappa shape index (κ2) is 10.2. The smallest absolute Gasteiger partial charge is 0.322 e. The fourth-order valence-electron chi connectivity index (χ4n) is 1.16. The molecule has 0 aromatic rings. The largest absolute Gasteiger partial charge is 0.481 e. The molecule has 0 aromatic heterocycles. The Morgan fingerprint density at radius 3 is 1.84 bits per heavy atom. The van der Waals surface area contributed by atoms with E-state index < -0.39 is 36.4 Å². The Hall–Kier alpha value is -1.75. The molecule has 0 radical (unpaired) electrons. The molecular weight excluding hydrogens is 262 g/mol. The first-order chi connectivity index (χ1) is 8.38. The molecule has 112 valence electrons. The summed E-state index contributed by atoms with van der Waals surface area (Å²) in [6.07, 6.45) is -0.00782. The number of hydrazine groups is 1. The van der Waals surface area contributed by atoms with Gasteiger partial charge in [-0.15, -0.1) is 0 Å². The summed E-state index contributed by atoms with van der Waals surface area (Å²) >= 11 is 0. The van der Waals surface area contributed by atoms with Gasteiger partial charge in [-0.3, -0.25) is 14.4 Å². The minimum atomic E-state index is -1.40. The van der Waals surface area contributed by atoms with Crippen molar-refractivity contribution in [1.29, 1.82) is 0 Å². The van der Waals surface area contributed by atoms with E-state index in [9.17, 15) is 14.4 Å². The quantitative estimate of drug-likeness (QED) is 0.232. The highest BCUT2D eigenvalue weighted by Crippen LogP contribution is 1.97. The van der Waals surface area contributed by atoms with Crippen LogP contribution >= 0.6 is 0 Å². The maximum Gasteiger partial charge on any atom is 0.322 e. The van der Waals surface area contributed by atoms with Gasteiger partial charge >= 0.3 is 17.9 Å². The van der Waals surface area contributed by atoms with Crippen molar-refractivity contribution in [2.75, 3.05) is 6.54 Å². The zero-order valence-electron chi connectivity index (χ0n) is 10.1. The summed E-state index contributed by atoms with van der Waals surface area (Å²) in [5.41, 5.74) is 9.71. The van der Waals surface area contributed by atoms with Gasteiger partial charge in [0.2, 0.25) is 0 Å². The van der Waals surface area contributed by atoms with Crippen LogP contribution in [0.3, 0.4) is 0 Å². The van der Waals surface area contributed by atoms with Crippen LogP contribution in [0.1, 0.15) is 19.3 Å². The van der Waals surface area contributed by atoms with Gasteiger partial charge in [-0.2, -0.15) is 0 Å². The molecule has 10 heteroatoms. The summed E-state index contributed by atoms with van der Waals surface area (Å²) in [5, 5.41) is 26.0. The summed E-state index contributed by atoms with van der Waals surface area (Å²) in [7, 11) is 0. The Bertz CT molecular complexity index is 310. The first-order valence-corrected chi connectivity index (χ1v) is 5.27. The Labute approximate surface area is 108 Å². The van der Waals surface area contributed by atoms with Crippen molar-refractivity contribution in [2.45, 2.75) is 31.3 Å². The summed E-state index contributed by atoms with van der Waals surface area (Å²) in [5.74, 6) is -3.85. The van der Waals surface area contributed by atoms with E-state index in [0.29, 0.717) is 13.0 Å².